The molecule has 10 heteroatoms. The number of pyridine rings is 1. The molecule has 0 spiro atoms. The van der Waals surface area contributed by atoms with Crippen LogP contribution in [0, 0.1) is 0 Å². The molecule has 1 aromatic heterocycles. The fourth-order valence-electron chi connectivity index (χ4n) is 1.88. The maximum Gasteiger partial charge on any atom is 2.00 e. The number of isothiocyanates is 2. The monoisotopic (exact) mass is 447 g/mol. The van der Waals surface area contributed by atoms with Crippen LogP contribution in [0.25, 0.3) is 10.8 Å². The van der Waals surface area contributed by atoms with E-state index < -0.39 is 0 Å². The molecule has 27 heavy (non-hydrogen) atoms. The average Bonchev–Trinajstić information content (AvgIpc) is 2.64. The van der Waals surface area contributed by atoms with Crippen molar-refractivity contribution in [1.29, 1.82) is 0 Å². The molecule has 2 bridgehead atoms. The van der Waals surface area contributed by atoms with E-state index in [2.05, 4.69) is 39.4 Å². The SMILES string of the molecule is CC1=NCCOCCOCCN=C(C)c2cccc1n2.[Fe+2].[N-]=C=S.[N-]=C=S. The molecule has 1 aliphatic rings. The summed E-state index contributed by atoms with van der Waals surface area (Å²) in [5, 5.41) is 16.9. The van der Waals surface area contributed by atoms with E-state index >= 15 is 0 Å². The first kappa shape index (κ1) is 27.7. The molecule has 0 radical (unpaired) electrons. The van der Waals surface area contributed by atoms with Gasteiger partial charge in [-0.3, -0.25) is 9.98 Å². The number of aromatic nitrogens is 1. The Morgan fingerprint density at radius 3 is 1.59 bits per heavy atom. The van der Waals surface area contributed by atoms with E-state index in [0.29, 0.717) is 39.5 Å². The van der Waals surface area contributed by atoms with Gasteiger partial charge >= 0.3 is 17.1 Å². The van der Waals surface area contributed by atoms with Gasteiger partial charge in [0.2, 0.25) is 0 Å². The van der Waals surface area contributed by atoms with E-state index in [1.54, 1.807) is 0 Å². The molecule has 7 nitrogen and oxygen atoms in total. The van der Waals surface area contributed by atoms with Crippen LogP contribution in [0.15, 0.2) is 28.2 Å². The summed E-state index contributed by atoms with van der Waals surface area (Å²) in [6.45, 7) is 7.65. The van der Waals surface area contributed by atoms with Crippen molar-refractivity contribution in [3.8, 4) is 0 Å². The third kappa shape index (κ3) is 14.3. The van der Waals surface area contributed by atoms with E-state index in [-0.39, 0.29) is 17.1 Å². The fraction of sp³-hybridized carbons (Fsp3) is 0.471. The first-order valence-electron chi connectivity index (χ1n) is 7.78. The minimum atomic E-state index is 0. The van der Waals surface area contributed by atoms with Gasteiger partial charge < -0.3 is 20.3 Å². The van der Waals surface area contributed by atoms with Crippen LogP contribution in [0.5, 0.6) is 0 Å². The number of fused-ring (bicyclic) bond motifs is 2. The minimum absolute atomic E-state index is 0. The van der Waals surface area contributed by atoms with Crippen molar-refractivity contribution in [2.75, 3.05) is 39.5 Å². The zero-order valence-corrected chi connectivity index (χ0v) is 17.9. The van der Waals surface area contributed by atoms with E-state index in [0.717, 1.165) is 22.8 Å². The van der Waals surface area contributed by atoms with E-state index in [1.165, 1.54) is 10.3 Å². The normalized spacial score (nSPS) is 14.3. The summed E-state index contributed by atoms with van der Waals surface area (Å²) in [6.07, 6.45) is 0. The predicted octanol–water partition coefficient (Wildman–Crippen LogP) is 3.06. The molecule has 2 rings (SSSR count). The summed E-state index contributed by atoms with van der Waals surface area (Å²) >= 11 is 7.40. The van der Waals surface area contributed by atoms with Crippen LogP contribution >= 0.6 is 24.4 Å². The molecule has 146 valence electrons. The summed E-state index contributed by atoms with van der Waals surface area (Å²) in [6, 6.07) is 5.93. The Kier molecular flexibility index (Phi) is 19.8. The number of hydrogen-bond donors (Lipinski definition) is 0. The van der Waals surface area contributed by atoms with Crippen LogP contribution in [-0.4, -0.2) is 66.2 Å². The number of nitrogens with zero attached hydrogens (tertiary/aromatic N) is 5. The predicted molar refractivity (Wildman–Crippen MR) is 112 cm³/mol. The number of aliphatic imine (C=N–C) groups is 2. The second-order valence-electron chi connectivity index (χ2n) is 4.75. The number of rotatable bonds is 0. The number of hydrogen-bond acceptors (Lipinski definition) is 7. The summed E-state index contributed by atoms with van der Waals surface area (Å²) in [7, 11) is 0. The molecular formula is C17H21FeN5O2S2. The molecule has 0 atom stereocenters. The Morgan fingerprint density at radius 2 is 1.22 bits per heavy atom. The van der Waals surface area contributed by atoms with Gasteiger partial charge in [-0.15, -0.1) is 0 Å². The molecule has 2 heterocycles. The van der Waals surface area contributed by atoms with Crippen molar-refractivity contribution in [3.63, 3.8) is 0 Å². The zero-order chi connectivity index (χ0) is 19.6. The molecule has 0 amide bonds. The molecule has 0 saturated heterocycles. The third-order valence-electron chi connectivity index (χ3n) is 3.03. The maximum absolute atomic E-state index is 7.13. The molecule has 0 aliphatic carbocycles. The van der Waals surface area contributed by atoms with Gasteiger partial charge in [0.1, 0.15) is 0 Å². The van der Waals surface area contributed by atoms with Gasteiger partial charge in [-0.25, -0.2) is 4.98 Å². The van der Waals surface area contributed by atoms with Crippen LogP contribution in [0.3, 0.4) is 0 Å². The molecule has 0 saturated carbocycles. The standard InChI is InChI=1S/C15H21N3O2.2CNS.Fe/c1-12-14-4-3-5-15(18-14)13(2)17-7-9-20-11-10-19-8-6-16-12;2*2-1-3;/h3-5H,6-11H2,1-2H3;;;/q;2*-1;+2. The Morgan fingerprint density at radius 1 is 0.852 bits per heavy atom. The second kappa shape index (κ2) is 19.3. The first-order valence-corrected chi connectivity index (χ1v) is 8.60. The van der Waals surface area contributed by atoms with Crippen molar-refractivity contribution >= 4 is 46.2 Å². The van der Waals surface area contributed by atoms with E-state index in [9.17, 15) is 0 Å². The van der Waals surface area contributed by atoms with Crippen LogP contribution in [0.2, 0.25) is 0 Å². The van der Waals surface area contributed by atoms with Gasteiger partial charge in [0.15, 0.2) is 0 Å². The topological polar surface area (TPSA) is 101 Å². The molecular weight excluding hydrogens is 426 g/mol. The van der Waals surface area contributed by atoms with Gasteiger partial charge in [-0.05, 0) is 26.0 Å². The summed E-state index contributed by atoms with van der Waals surface area (Å²) < 4.78 is 10.9. The van der Waals surface area contributed by atoms with Crippen molar-refractivity contribution in [1.82, 2.24) is 4.98 Å². The maximum atomic E-state index is 7.13. The Hall–Kier alpha value is -1.47. The largest absolute Gasteiger partial charge is 2.00 e. The van der Waals surface area contributed by atoms with Crippen LogP contribution in [0.1, 0.15) is 25.2 Å². The van der Waals surface area contributed by atoms with E-state index in [1.807, 2.05) is 32.0 Å². The summed E-state index contributed by atoms with van der Waals surface area (Å²) in [4.78, 5) is 13.6. The third-order valence-corrected chi connectivity index (χ3v) is 3.03. The zero-order valence-electron chi connectivity index (χ0n) is 15.2. The number of ether oxygens (including phenoxy) is 2. The van der Waals surface area contributed by atoms with Gasteiger partial charge in [-0.1, -0.05) is 30.5 Å². The molecule has 1 aromatic rings. The van der Waals surface area contributed by atoms with Crippen LogP contribution < -0.4 is 0 Å². The van der Waals surface area contributed by atoms with Crippen molar-refractivity contribution in [3.05, 3.63) is 40.4 Å². The molecule has 0 unspecified atom stereocenters. The van der Waals surface area contributed by atoms with Crippen molar-refractivity contribution in [2.24, 2.45) is 9.98 Å². The summed E-state index contributed by atoms with van der Waals surface area (Å²) in [5.74, 6) is 0. The van der Waals surface area contributed by atoms with Crippen molar-refractivity contribution in [2.45, 2.75) is 13.8 Å². The van der Waals surface area contributed by atoms with Gasteiger partial charge in [0.25, 0.3) is 0 Å². The van der Waals surface area contributed by atoms with Gasteiger partial charge in [0.05, 0.1) is 62.3 Å². The Balaban J connectivity index is 0. The van der Waals surface area contributed by atoms with Gasteiger partial charge in [-0.2, -0.15) is 10.3 Å². The average molecular weight is 447 g/mol. The smallest absolute Gasteiger partial charge is 0.753 e. The van der Waals surface area contributed by atoms with E-state index in [4.69, 9.17) is 20.3 Å². The Bertz CT molecular complexity index is 618. The second-order valence-corrected chi connectivity index (χ2v) is 5.11. The molecule has 1 aliphatic heterocycles. The Labute approximate surface area is 181 Å². The fourth-order valence-corrected chi connectivity index (χ4v) is 1.88. The van der Waals surface area contributed by atoms with Crippen molar-refractivity contribution < 1.29 is 26.5 Å². The molecule has 0 fully saturated rings. The molecule has 0 N–H and O–H groups in total. The number of thiocarbonyl (C=S) groups is 2. The summed E-state index contributed by atoms with van der Waals surface area (Å²) in [5.41, 5.74) is 3.63. The van der Waals surface area contributed by atoms with Crippen LogP contribution in [-0.2, 0) is 26.5 Å². The quantitative estimate of drug-likeness (QED) is 0.346. The molecule has 0 aromatic carbocycles. The van der Waals surface area contributed by atoms with Crippen LogP contribution in [0.4, 0.5) is 0 Å². The van der Waals surface area contributed by atoms with Gasteiger partial charge in [0, 0.05) is 0 Å². The first-order chi connectivity index (χ1) is 12.6. The minimum Gasteiger partial charge on any atom is -0.753 e.